The summed E-state index contributed by atoms with van der Waals surface area (Å²) in [4.78, 5) is 14.5. The van der Waals surface area contributed by atoms with Crippen LogP contribution in [0.15, 0.2) is 0 Å². The van der Waals surface area contributed by atoms with Gasteiger partial charge in [0.25, 0.3) is 0 Å². The summed E-state index contributed by atoms with van der Waals surface area (Å²) in [6.07, 6.45) is 0.196. The van der Waals surface area contributed by atoms with Gasteiger partial charge in [0, 0.05) is 0 Å². The Morgan fingerprint density at radius 2 is 1.92 bits per heavy atom. The highest BCUT2D eigenvalue weighted by molar-refractivity contribution is 5.69. The van der Waals surface area contributed by atoms with Crippen molar-refractivity contribution < 1.29 is 19.8 Å². The lowest BCUT2D eigenvalue weighted by Crippen LogP contribution is -2.19. The van der Waals surface area contributed by atoms with E-state index in [9.17, 15) is 9.90 Å². The number of nitrogens with two attached hydrogens (primary N) is 1. The van der Waals surface area contributed by atoms with Crippen molar-refractivity contribution in [1.82, 2.24) is 0 Å². The van der Waals surface area contributed by atoms with Crippen molar-refractivity contribution in [2.24, 2.45) is 5.90 Å². The Labute approximate surface area is 77.5 Å². The lowest BCUT2D eigenvalue weighted by atomic mass is 10.1. The largest absolute Gasteiger partial charge is 0.393 e. The van der Waals surface area contributed by atoms with Gasteiger partial charge in [-0.2, -0.15) is 5.90 Å². The zero-order chi connectivity index (χ0) is 10.3. The van der Waals surface area contributed by atoms with E-state index in [1.807, 2.05) is 6.92 Å². The van der Waals surface area contributed by atoms with Gasteiger partial charge in [-0.3, -0.25) is 4.79 Å². The molecule has 13 heavy (non-hydrogen) atoms. The Morgan fingerprint density at radius 1 is 1.38 bits per heavy atom. The summed E-state index contributed by atoms with van der Waals surface area (Å²) >= 11 is 0. The van der Waals surface area contributed by atoms with Gasteiger partial charge in [-0.1, -0.05) is 6.92 Å². The first-order chi connectivity index (χ1) is 6.10. The Bertz CT molecular complexity index is 151. The van der Waals surface area contributed by atoms with Gasteiger partial charge in [0.05, 0.1) is 18.6 Å². The first kappa shape index (κ1) is 12.3. The minimum Gasteiger partial charge on any atom is -0.393 e. The first-order valence-electron chi connectivity index (χ1n) is 4.35. The fraction of sp³-hybridized carbons (Fsp3) is 0.875. The number of rotatable bonds is 6. The highest BCUT2D eigenvalue weighted by Gasteiger charge is 2.12. The van der Waals surface area contributed by atoms with E-state index in [-0.39, 0.29) is 6.42 Å². The zero-order valence-corrected chi connectivity index (χ0v) is 7.77. The van der Waals surface area contributed by atoms with Crippen LogP contribution in [0.4, 0.5) is 0 Å². The minimum absolute atomic E-state index is 0.118. The third-order valence-electron chi connectivity index (χ3n) is 1.84. The topological polar surface area (TPSA) is 92.8 Å². The molecular formula is C8H17NO4. The average Bonchev–Trinajstić information content (AvgIpc) is 2.13. The molecule has 0 saturated heterocycles. The predicted octanol–water partition coefficient (Wildman–Crippen LogP) is -0.295. The molecule has 0 spiro atoms. The van der Waals surface area contributed by atoms with E-state index in [0.29, 0.717) is 19.3 Å². The van der Waals surface area contributed by atoms with Crippen LogP contribution in [0, 0.1) is 0 Å². The van der Waals surface area contributed by atoms with Crippen LogP contribution in [0.1, 0.15) is 32.6 Å². The molecule has 0 radical (unpaired) electrons. The summed E-state index contributed by atoms with van der Waals surface area (Å²) in [6, 6.07) is 0. The number of carbonyl (C=O) groups excluding carboxylic acids is 1. The standard InChI is InChI=1S/C8H17NO4/c1-2-6(10)3-4-7(11)5-8(12)13-9/h6-7,10-11H,2-5,9H2,1H3. The molecule has 0 aromatic rings. The Morgan fingerprint density at radius 3 is 2.38 bits per heavy atom. The van der Waals surface area contributed by atoms with Gasteiger partial charge in [-0.25, -0.2) is 0 Å². The lowest BCUT2D eigenvalue weighted by Gasteiger charge is -2.11. The second-order valence-electron chi connectivity index (χ2n) is 2.99. The van der Waals surface area contributed by atoms with E-state index in [1.54, 1.807) is 0 Å². The molecule has 0 fully saturated rings. The Kier molecular flexibility index (Phi) is 6.48. The maximum Gasteiger partial charge on any atom is 0.327 e. The third-order valence-corrected chi connectivity index (χ3v) is 1.84. The zero-order valence-electron chi connectivity index (χ0n) is 7.77. The van der Waals surface area contributed by atoms with Crippen LogP contribution in [0.2, 0.25) is 0 Å². The van der Waals surface area contributed by atoms with Crippen LogP contribution in [0.3, 0.4) is 0 Å². The number of hydrogen-bond donors (Lipinski definition) is 3. The molecule has 0 aromatic carbocycles. The van der Waals surface area contributed by atoms with Gasteiger partial charge in [-0.15, -0.1) is 0 Å². The number of aliphatic hydroxyl groups is 2. The van der Waals surface area contributed by atoms with Crippen molar-refractivity contribution in [2.45, 2.75) is 44.8 Å². The maximum absolute atomic E-state index is 10.6. The van der Waals surface area contributed by atoms with Crippen LogP contribution >= 0.6 is 0 Å². The van der Waals surface area contributed by atoms with Gasteiger partial charge in [-0.05, 0) is 19.3 Å². The molecule has 0 bridgehead atoms. The van der Waals surface area contributed by atoms with Crippen LogP contribution < -0.4 is 5.90 Å². The summed E-state index contributed by atoms with van der Waals surface area (Å²) in [5, 5.41) is 18.4. The van der Waals surface area contributed by atoms with E-state index in [0.717, 1.165) is 0 Å². The van der Waals surface area contributed by atoms with Gasteiger partial charge >= 0.3 is 5.97 Å². The molecule has 0 amide bonds. The Balaban J connectivity index is 3.50. The molecule has 0 rings (SSSR count). The van der Waals surface area contributed by atoms with Crippen LogP contribution in [-0.4, -0.2) is 28.4 Å². The van der Waals surface area contributed by atoms with E-state index < -0.39 is 18.2 Å². The Hall–Kier alpha value is -0.650. The van der Waals surface area contributed by atoms with Crippen molar-refractivity contribution in [3.8, 4) is 0 Å². The number of carbonyl (C=O) groups is 1. The average molecular weight is 191 g/mol. The maximum atomic E-state index is 10.6. The lowest BCUT2D eigenvalue weighted by molar-refractivity contribution is -0.146. The monoisotopic (exact) mass is 191 g/mol. The van der Waals surface area contributed by atoms with Crippen molar-refractivity contribution >= 4 is 5.97 Å². The second kappa shape index (κ2) is 6.82. The summed E-state index contributed by atoms with van der Waals surface area (Å²) < 4.78 is 0. The quantitative estimate of drug-likeness (QED) is 0.501. The fourth-order valence-corrected chi connectivity index (χ4v) is 0.931. The molecule has 2 unspecified atom stereocenters. The highest BCUT2D eigenvalue weighted by Crippen LogP contribution is 2.07. The fourth-order valence-electron chi connectivity index (χ4n) is 0.931. The summed E-state index contributed by atoms with van der Waals surface area (Å²) in [5.74, 6) is 3.95. The molecule has 78 valence electrons. The first-order valence-corrected chi connectivity index (χ1v) is 4.35. The van der Waals surface area contributed by atoms with Gasteiger partial charge in [0.1, 0.15) is 0 Å². The van der Waals surface area contributed by atoms with Crippen LogP contribution in [0.25, 0.3) is 0 Å². The molecule has 5 heteroatoms. The van der Waals surface area contributed by atoms with E-state index in [1.165, 1.54) is 0 Å². The normalized spacial score (nSPS) is 15.1. The van der Waals surface area contributed by atoms with E-state index in [2.05, 4.69) is 10.7 Å². The summed E-state index contributed by atoms with van der Waals surface area (Å²) in [7, 11) is 0. The van der Waals surface area contributed by atoms with Crippen molar-refractivity contribution in [3.05, 3.63) is 0 Å². The van der Waals surface area contributed by atoms with Gasteiger partial charge in [0.15, 0.2) is 0 Å². The van der Waals surface area contributed by atoms with Crippen molar-refractivity contribution in [2.75, 3.05) is 0 Å². The number of aliphatic hydroxyl groups excluding tert-OH is 2. The predicted molar refractivity (Wildman–Crippen MR) is 46.4 cm³/mol. The second-order valence-corrected chi connectivity index (χ2v) is 2.99. The van der Waals surface area contributed by atoms with Gasteiger partial charge in [0.2, 0.25) is 0 Å². The molecule has 0 aromatic heterocycles. The smallest absolute Gasteiger partial charge is 0.327 e. The molecule has 0 aliphatic heterocycles. The number of hydrogen-bond acceptors (Lipinski definition) is 5. The summed E-state index contributed by atoms with van der Waals surface area (Å²) in [6.45, 7) is 1.85. The SMILES string of the molecule is CCC(O)CCC(O)CC(=O)ON. The van der Waals surface area contributed by atoms with E-state index >= 15 is 0 Å². The molecule has 5 nitrogen and oxygen atoms in total. The van der Waals surface area contributed by atoms with Crippen LogP contribution in [-0.2, 0) is 9.63 Å². The van der Waals surface area contributed by atoms with E-state index in [4.69, 9.17) is 5.11 Å². The van der Waals surface area contributed by atoms with Crippen molar-refractivity contribution in [1.29, 1.82) is 0 Å². The molecular weight excluding hydrogens is 174 g/mol. The minimum atomic E-state index is -0.780. The molecule has 4 N–H and O–H groups in total. The molecule has 0 heterocycles. The summed E-state index contributed by atoms with van der Waals surface area (Å²) in [5.41, 5.74) is 0. The molecule has 0 saturated carbocycles. The third kappa shape index (κ3) is 6.51. The van der Waals surface area contributed by atoms with Gasteiger partial charge < -0.3 is 15.1 Å². The highest BCUT2D eigenvalue weighted by atomic mass is 16.7. The van der Waals surface area contributed by atoms with Crippen molar-refractivity contribution in [3.63, 3.8) is 0 Å². The van der Waals surface area contributed by atoms with Crippen LogP contribution in [0.5, 0.6) is 0 Å². The molecule has 0 aliphatic rings. The molecule has 2 atom stereocenters. The molecule has 0 aliphatic carbocycles.